The molecule has 4 aromatic rings. The van der Waals surface area contributed by atoms with Gasteiger partial charge in [0.15, 0.2) is 5.82 Å². The van der Waals surface area contributed by atoms with Gasteiger partial charge >= 0.3 is 0 Å². The molecule has 0 aliphatic heterocycles. The Balaban J connectivity index is 1.53. The third-order valence-electron chi connectivity index (χ3n) is 3.54. The molecule has 0 radical (unpaired) electrons. The molecule has 24 heavy (non-hydrogen) atoms. The van der Waals surface area contributed by atoms with Crippen molar-refractivity contribution in [2.45, 2.75) is 0 Å². The molecule has 0 spiro atoms. The number of benzene rings is 2. The van der Waals surface area contributed by atoms with Crippen molar-refractivity contribution >= 4 is 33.1 Å². The molecule has 6 heteroatoms. The Labute approximate surface area is 142 Å². The highest BCUT2D eigenvalue weighted by Gasteiger charge is 2.09. The molecule has 0 bridgehead atoms. The van der Waals surface area contributed by atoms with E-state index in [-0.39, 0.29) is 5.91 Å². The van der Waals surface area contributed by atoms with Crippen LogP contribution in [0, 0.1) is 0 Å². The van der Waals surface area contributed by atoms with E-state index in [0.29, 0.717) is 17.1 Å². The van der Waals surface area contributed by atoms with Crippen LogP contribution in [-0.2, 0) is 0 Å². The van der Waals surface area contributed by atoms with Crippen molar-refractivity contribution in [3.8, 4) is 11.4 Å². The molecule has 0 unspecified atom stereocenters. The minimum atomic E-state index is -0.193. The number of thiazole rings is 1. The summed E-state index contributed by atoms with van der Waals surface area (Å²) in [6.07, 6.45) is 3.22. The second-order valence-electron chi connectivity index (χ2n) is 5.15. The summed E-state index contributed by atoms with van der Waals surface area (Å²) in [5.74, 6) is 0.432. The van der Waals surface area contributed by atoms with Gasteiger partial charge in [-0.3, -0.25) is 4.79 Å². The zero-order valence-corrected chi connectivity index (χ0v) is 13.3. The van der Waals surface area contributed by atoms with Gasteiger partial charge < -0.3 is 5.32 Å². The molecule has 0 saturated heterocycles. The number of hydrogen-bond donors (Lipinski definition) is 1. The first-order chi connectivity index (χ1) is 11.8. The van der Waals surface area contributed by atoms with Gasteiger partial charge in [0, 0.05) is 11.1 Å². The van der Waals surface area contributed by atoms with E-state index in [1.165, 1.54) is 11.3 Å². The lowest BCUT2D eigenvalue weighted by Crippen LogP contribution is -2.12. The van der Waals surface area contributed by atoms with Crippen LogP contribution < -0.4 is 5.32 Å². The highest BCUT2D eigenvalue weighted by Crippen LogP contribution is 2.20. The van der Waals surface area contributed by atoms with Crippen LogP contribution in [0.4, 0.5) is 5.69 Å². The van der Waals surface area contributed by atoms with Crippen LogP contribution in [0.2, 0.25) is 0 Å². The van der Waals surface area contributed by atoms with E-state index in [0.717, 1.165) is 15.8 Å². The van der Waals surface area contributed by atoms with Crippen molar-refractivity contribution in [1.82, 2.24) is 15.0 Å². The molecule has 0 aliphatic carbocycles. The molecule has 1 N–H and O–H groups in total. The smallest absolute Gasteiger partial charge is 0.255 e. The lowest BCUT2D eigenvalue weighted by molar-refractivity contribution is 0.102. The van der Waals surface area contributed by atoms with Crippen molar-refractivity contribution in [1.29, 1.82) is 0 Å². The van der Waals surface area contributed by atoms with E-state index in [2.05, 4.69) is 20.3 Å². The van der Waals surface area contributed by atoms with E-state index in [4.69, 9.17) is 0 Å². The summed E-state index contributed by atoms with van der Waals surface area (Å²) in [6.45, 7) is 0. The number of rotatable bonds is 3. The van der Waals surface area contributed by atoms with Crippen LogP contribution in [0.5, 0.6) is 0 Å². The summed E-state index contributed by atoms with van der Waals surface area (Å²) < 4.78 is 0.985. The first kappa shape index (κ1) is 14.5. The van der Waals surface area contributed by atoms with Crippen LogP contribution >= 0.6 is 11.3 Å². The van der Waals surface area contributed by atoms with Crippen molar-refractivity contribution < 1.29 is 4.79 Å². The number of nitrogens with one attached hydrogen (secondary N) is 1. The molecule has 116 valence electrons. The summed E-state index contributed by atoms with van der Waals surface area (Å²) in [5.41, 5.74) is 4.74. The van der Waals surface area contributed by atoms with Gasteiger partial charge in [0.1, 0.15) is 0 Å². The quantitative estimate of drug-likeness (QED) is 0.615. The van der Waals surface area contributed by atoms with Gasteiger partial charge in [-0.15, -0.1) is 11.3 Å². The Morgan fingerprint density at radius 3 is 2.54 bits per heavy atom. The number of carbonyl (C=O) groups excluding carboxylic acids is 1. The van der Waals surface area contributed by atoms with Gasteiger partial charge in [-0.05, 0) is 18.2 Å². The standard InChI is InChI=1S/C18H12N4OS/c23-18(13-6-7-15-16(8-13)24-11-21-15)22-14-9-19-17(20-10-14)12-4-2-1-3-5-12/h1-11H,(H,22,23). The lowest BCUT2D eigenvalue weighted by Gasteiger charge is -2.06. The van der Waals surface area contributed by atoms with E-state index >= 15 is 0 Å². The SMILES string of the molecule is O=C(Nc1cnc(-c2ccccc2)nc1)c1ccc2ncsc2c1. The minimum absolute atomic E-state index is 0.193. The van der Waals surface area contributed by atoms with Crippen molar-refractivity contribution in [2.75, 3.05) is 5.32 Å². The Morgan fingerprint density at radius 2 is 1.75 bits per heavy atom. The monoisotopic (exact) mass is 332 g/mol. The zero-order valence-electron chi connectivity index (χ0n) is 12.5. The van der Waals surface area contributed by atoms with Gasteiger partial charge in [-0.1, -0.05) is 30.3 Å². The highest BCUT2D eigenvalue weighted by molar-refractivity contribution is 7.16. The molecule has 0 fully saturated rings. The maximum atomic E-state index is 12.4. The van der Waals surface area contributed by atoms with Gasteiger partial charge in [-0.2, -0.15) is 0 Å². The fourth-order valence-corrected chi connectivity index (χ4v) is 3.04. The van der Waals surface area contributed by atoms with Crippen LogP contribution in [0.1, 0.15) is 10.4 Å². The second-order valence-corrected chi connectivity index (χ2v) is 6.04. The first-order valence-electron chi connectivity index (χ1n) is 7.32. The van der Waals surface area contributed by atoms with E-state index in [1.54, 1.807) is 24.0 Å². The maximum Gasteiger partial charge on any atom is 0.255 e. The number of hydrogen-bond acceptors (Lipinski definition) is 5. The van der Waals surface area contributed by atoms with Crippen molar-refractivity contribution in [2.24, 2.45) is 0 Å². The van der Waals surface area contributed by atoms with Crippen LogP contribution in [-0.4, -0.2) is 20.9 Å². The number of aromatic nitrogens is 3. The average molecular weight is 332 g/mol. The Hall–Kier alpha value is -3.12. The largest absolute Gasteiger partial charge is 0.319 e. The summed E-state index contributed by atoms with van der Waals surface area (Å²) in [5, 5.41) is 2.81. The normalized spacial score (nSPS) is 10.7. The molecule has 2 heterocycles. The fourth-order valence-electron chi connectivity index (χ4n) is 2.33. The van der Waals surface area contributed by atoms with Crippen molar-refractivity contribution in [3.63, 3.8) is 0 Å². The van der Waals surface area contributed by atoms with Crippen LogP contribution in [0.25, 0.3) is 21.6 Å². The molecule has 1 amide bonds. The second kappa shape index (κ2) is 6.17. The maximum absolute atomic E-state index is 12.4. The predicted molar refractivity (Wildman–Crippen MR) is 95.0 cm³/mol. The molecule has 2 aromatic carbocycles. The number of anilines is 1. The molecule has 2 aromatic heterocycles. The first-order valence-corrected chi connectivity index (χ1v) is 8.20. The Bertz CT molecular complexity index is 996. The van der Waals surface area contributed by atoms with Gasteiger partial charge in [-0.25, -0.2) is 15.0 Å². The number of carbonyl (C=O) groups is 1. The number of fused-ring (bicyclic) bond motifs is 1. The van der Waals surface area contributed by atoms with E-state index in [1.807, 2.05) is 42.5 Å². The number of amides is 1. The third kappa shape index (κ3) is 2.87. The van der Waals surface area contributed by atoms with Gasteiger partial charge in [0.25, 0.3) is 5.91 Å². The summed E-state index contributed by atoms with van der Waals surface area (Å²) in [6, 6.07) is 15.1. The average Bonchev–Trinajstić information content (AvgIpc) is 3.11. The van der Waals surface area contributed by atoms with Gasteiger partial charge in [0.2, 0.25) is 0 Å². The predicted octanol–water partition coefficient (Wildman–Crippen LogP) is 4.01. The van der Waals surface area contributed by atoms with Crippen LogP contribution in [0.15, 0.2) is 66.4 Å². The minimum Gasteiger partial charge on any atom is -0.319 e. The summed E-state index contributed by atoms with van der Waals surface area (Å²) in [4.78, 5) is 25.2. The fraction of sp³-hybridized carbons (Fsp3) is 0. The lowest BCUT2D eigenvalue weighted by atomic mass is 10.2. The molecule has 4 rings (SSSR count). The molecular weight excluding hydrogens is 320 g/mol. The summed E-state index contributed by atoms with van der Waals surface area (Å²) in [7, 11) is 0. The third-order valence-corrected chi connectivity index (χ3v) is 4.33. The van der Waals surface area contributed by atoms with E-state index in [9.17, 15) is 4.79 Å². The zero-order chi connectivity index (χ0) is 16.4. The van der Waals surface area contributed by atoms with Crippen LogP contribution in [0.3, 0.4) is 0 Å². The van der Waals surface area contributed by atoms with E-state index < -0.39 is 0 Å². The molecule has 0 saturated carbocycles. The highest BCUT2D eigenvalue weighted by atomic mass is 32.1. The Kier molecular flexibility index (Phi) is 3.72. The molecule has 5 nitrogen and oxygen atoms in total. The molecule has 0 aliphatic rings. The van der Waals surface area contributed by atoms with Crippen molar-refractivity contribution in [3.05, 3.63) is 72.0 Å². The number of nitrogens with zero attached hydrogens (tertiary/aromatic N) is 3. The Morgan fingerprint density at radius 1 is 0.958 bits per heavy atom. The summed E-state index contributed by atoms with van der Waals surface area (Å²) >= 11 is 1.51. The molecule has 0 atom stereocenters. The topological polar surface area (TPSA) is 67.8 Å². The molecular formula is C18H12N4OS. The van der Waals surface area contributed by atoms with Gasteiger partial charge in [0.05, 0.1) is 33.8 Å².